The van der Waals surface area contributed by atoms with E-state index in [-0.39, 0.29) is 33.5 Å². The number of hydrogen-bond acceptors (Lipinski definition) is 6. The topological polar surface area (TPSA) is 87.8 Å². The van der Waals surface area contributed by atoms with Crippen molar-refractivity contribution < 1.29 is 23.8 Å². The average Bonchev–Trinajstić information content (AvgIpc) is 2.67. The van der Waals surface area contributed by atoms with Gasteiger partial charge in [-0.25, -0.2) is 9.59 Å². The smallest absolute Gasteiger partial charge is 0.344 e. The van der Waals surface area contributed by atoms with Gasteiger partial charge in [0.25, 0.3) is 0 Å². The number of ether oxygens (including phenoxy) is 3. The summed E-state index contributed by atoms with van der Waals surface area (Å²) in [5, 5.41) is 0.267. The third kappa shape index (κ3) is 4.77. The lowest BCUT2D eigenvalue weighted by atomic mass is 10.0. The lowest BCUT2D eigenvalue weighted by Gasteiger charge is -2.21. The molecule has 2 aromatic carbocycles. The van der Waals surface area contributed by atoms with E-state index in [4.69, 9.17) is 43.1 Å². The molecule has 0 heterocycles. The van der Waals surface area contributed by atoms with Crippen molar-refractivity contribution >= 4 is 40.8 Å². The number of carbonyl (C=O) groups is 2. The second-order valence-corrected chi connectivity index (χ2v) is 6.45. The summed E-state index contributed by atoms with van der Waals surface area (Å²) in [5.41, 5.74) is 6.55. The van der Waals surface area contributed by atoms with Crippen LogP contribution in [0.25, 0.3) is 0 Å². The Balaban J connectivity index is 2.46. The normalized spacial score (nSPS) is 11.4. The Kier molecular flexibility index (Phi) is 7.31. The molecule has 0 radical (unpaired) electrons. The second-order valence-electron chi connectivity index (χ2n) is 5.64. The van der Waals surface area contributed by atoms with Crippen LogP contribution in [0.15, 0.2) is 48.6 Å². The van der Waals surface area contributed by atoms with Crippen LogP contribution in [-0.4, -0.2) is 25.7 Å². The summed E-state index contributed by atoms with van der Waals surface area (Å²) in [6.07, 6.45) is -1.14. The zero-order valence-corrected chi connectivity index (χ0v) is 16.8. The Morgan fingerprint density at radius 3 is 2.46 bits per heavy atom. The van der Waals surface area contributed by atoms with Crippen molar-refractivity contribution in [2.24, 2.45) is 0 Å². The summed E-state index contributed by atoms with van der Waals surface area (Å²) < 4.78 is 15.7. The standard InChI is InChI=1S/C20H19Cl2NO5/c1-4-27-19(24)11(2)17(12-6-5-7-13(23)10-12)28-20(25)16-14(21)8-9-15(22)18(16)26-3/h5-10,17H,2,4,23H2,1,3H3. The maximum Gasteiger partial charge on any atom is 0.344 e. The van der Waals surface area contributed by atoms with Gasteiger partial charge in [-0.05, 0) is 36.8 Å². The van der Waals surface area contributed by atoms with Crippen LogP contribution in [0.1, 0.15) is 28.9 Å². The highest BCUT2D eigenvalue weighted by Gasteiger charge is 2.29. The van der Waals surface area contributed by atoms with Gasteiger partial charge in [-0.3, -0.25) is 0 Å². The largest absolute Gasteiger partial charge is 0.494 e. The van der Waals surface area contributed by atoms with Crippen LogP contribution in [0.5, 0.6) is 5.75 Å². The first-order valence-electron chi connectivity index (χ1n) is 8.24. The Labute approximate surface area is 172 Å². The molecule has 0 aliphatic rings. The van der Waals surface area contributed by atoms with E-state index in [2.05, 4.69) is 6.58 Å². The molecular weight excluding hydrogens is 405 g/mol. The van der Waals surface area contributed by atoms with Gasteiger partial charge in [-0.1, -0.05) is 41.9 Å². The molecule has 0 aromatic heterocycles. The van der Waals surface area contributed by atoms with Crippen molar-refractivity contribution in [3.8, 4) is 5.75 Å². The molecule has 28 heavy (non-hydrogen) atoms. The van der Waals surface area contributed by atoms with E-state index in [0.717, 1.165) is 0 Å². The lowest BCUT2D eigenvalue weighted by molar-refractivity contribution is -0.139. The molecule has 0 bridgehead atoms. The molecule has 1 atom stereocenters. The van der Waals surface area contributed by atoms with E-state index < -0.39 is 18.0 Å². The predicted octanol–water partition coefficient (Wildman–Crippen LogP) is 4.60. The Bertz CT molecular complexity index is 913. The monoisotopic (exact) mass is 423 g/mol. The van der Waals surface area contributed by atoms with Crippen molar-refractivity contribution in [2.75, 3.05) is 19.5 Å². The Hall–Kier alpha value is -2.70. The molecule has 0 aliphatic heterocycles. The molecule has 1 unspecified atom stereocenters. The first-order chi connectivity index (χ1) is 13.3. The molecule has 6 nitrogen and oxygen atoms in total. The Morgan fingerprint density at radius 1 is 1.18 bits per heavy atom. The van der Waals surface area contributed by atoms with Gasteiger partial charge in [-0.15, -0.1) is 0 Å². The fourth-order valence-electron chi connectivity index (χ4n) is 2.48. The van der Waals surface area contributed by atoms with Crippen molar-refractivity contribution in [3.05, 3.63) is 69.7 Å². The SMILES string of the molecule is C=C(C(=O)OCC)C(OC(=O)c1c(Cl)ccc(Cl)c1OC)c1cccc(N)c1. The van der Waals surface area contributed by atoms with E-state index in [9.17, 15) is 9.59 Å². The molecule has 0 aliphatic carbocycles. The lowest BCUT2D eigenvalue weighted by Crippen LogP contribution is -2.20. The van der Waals surface area contributed by atoms with Crippen LogP contribution in [0.4, 0.5) is 5.69 Å². The van der Waals surface area contributed by atoms with Gasteiger partial charge >= 0.3 is 11.9 Å². The van der Waals surface area contributed by atoms with Gasteiger partial charge < -0.3 is 19.9 Å². The van der Waals surface area contributed by atoms with E-state index in [1.165, 1.54) is 19.2 Å². The van der Waals surface area contributed by atoms with Crippen molar-refractivity contribution in [1.82, 2.24) is 0 Å². The molecule has 0 saturated heterocycles. The van der Waals surface area contributed by atoms with Crippen LogP contribution in [0.2, 0.25) is 10.0 Å². The summed E-state index contributed by atoms with van der Waals surface area (Å²) in [6.45, 7) is 5.52. The highest BCUT2D eigenvalue weighted by molar-refractivity contribution is 6.37. The van der Waals surface area contributed by atoms with Crippen LogP contribution in [0, 0.1) is 0 Å². The molecule has 2 rings (SSSR count). The van der Waals surface area contributed by atoms with Crippen molar-refractivity contribution in [1.29, 1.82) is 0 Å². The van der Waals surface area contributed by atoms with Gasteiger partial charge in [0, 0.05) is 5.69 Å². The predicted molar refractivity (Wildman–Crippen MR) is 108 cm³/mol. The Morgan fingerprint density at radius 2 is 1.86 bits per heavy atom. The summed E-state index contributed by atoms with van der Waals surface area (Å²) in [6, 6.07) is 9.48. The van der Waals surface area contributed by atoms with Crippen molar-refractivity contribution in [3.63, 3.8) is 0 Å². The number of carbonyl (C=O) groups excluding carboxylic acids is 2. The van der Waals surface area contributed by atoms with Crippen LogP contribution >= 0.6 is 23.2 Å². The average molecular weight is 424 g/mol. The third-order valence-electron chi connectivity index (χ3n) is 3.76. The second kappa shape index (κ2) is 9.48. The van der Waals surface area contributed by atoms with E-state index in [1.807, 2.05) is 0 Å². The minimum absolute atomic E-state index is 0.0623. The molecule has 0 spiro atoms. The molecule has 0 amide bonds. The van der Waals surface area contributed by atoms with Gasteiger partial charge in [-0.2, -0.15) is 0 Å². The minimum Gasteiger partial charge on any atom is -0.494 e. The number of nitrogens with two attached hydrogens (primary N) is 1. The molecule has 8 heteroatoms. The molecule has 148 valence electrons. The van der Waals surface area contributed by atoms with E-state index >= 15 is 0 Å². The number of esters is 2. The summed E-state index contributed by atoms with van der Waals surface area (Å²) in [7, 11) is 1.35. The van der Waals surface area contributed by atoms with E-state index in [0.29, 0.717) is 11.3 Å². The number of anilines is 1. The van der Waals surface area contributed by atoms with Crippen LogP contribution in [-0.2, 0) is 14.3 Å². The van der Waals surface area contributed by atoms with Gasteiger partial charge in [0.1, 0.15) is 5.56 Å². The first-order valence-corrected chi connectivity index (χ1v) is 9.00. The molecule has 2 N–H and O–H groups in total. The molecule has 2 aromatic rings. The first kappa shape index (κ1) is 21.6. The number of nitrogen functional groups attached to an aromatic ring is 1. The van der Waals surface area contributed by atoms with Gasteiger partial charge in [0.2, 0.25) is 0 Å². The number of halogens is 2. The summed E-state index contributed by atoms with van der Waals surface area (Å²) >= 11 is 12.2. The van der Waals surface area contributed by atoms with Gasteiger partial charge in [0.05, 0.1) is 29.3 Å². The minimum atomic E-state index is -1.14. The number of methoxy groups -OCH3 is 1. The quantitative estimate of drug-likeness (QED) is 0.397. The number of benzene rings is 2. The maximum absolute atomic E-state index is 12.9. The van der Waals surface area contributed by atoms with Crippen LogP contribution in [0.3, 0.4) is 0 Å². The zero-order chi connectivity index (χ0) is 20.8. The highest BCUT2D eigenvalue weighted by Crippen LogP contribution is 2.36. The van der Waals surface area contributed by atoms with E-state index in [1.54, 1.807) is 31.2 Å². The molecule has 0 saturated carbocycles. The number of rotatable bonds is 7. The van der Waals surface area contributed by atoms with Crippen LogP contribution < -0.4 is 10.5 Å². The van der Waals surface area contributed by atoms with Crippen molar-refractivity contribution in [2.45, 2.75) is 13.0 Å². The summed E-state index contributed by atoms with van der Waals surface area (Å²) in [5.74, 6) is -1.48. The third-order valence-corrected chi connectivity index (χ3v) is 4.37. The molecular formula is C20H19Cl2NO5. The molecule has 0 fully saturated rings. The fraction of sp³-hybridized carbons (Fsp3) is 0.200. The van der Waals surface area contributed by atoms with Gasteiger partial charge in [0.15, 0.2) is 11.9 Å². The zero-order valence-electron chi connectivity index (χ0n) is 15.3. The highest BCUT2D eigenvalue weighted by atomic mass is 35.5. The maximum atomic E-state index is 12.9. The fourth-order valence-corrected chi connectivity index (χ4v) is 2.94. The summed E-state index contributed by atoms with van der Waals surface area (Å²) in [4.78, 5) is 25.1. The number of hydrogen-bond donors (Lipinski definition) is 1.